The zero-order chi connectivity index (χ0) is 15.0. The highest BCUT2D eigenvalue weighted by Gasteiger charge is 2.28. The average molecular weight is 300 g/mol. The summed E-state index contributed by atoms with van der Waals surface area (Å²) in [7, 11) is 1.60. The van der Waals surface area contributed by atoms with Gasteiger partial charge in [0.1, 0.15) is 0 Å². The molecular weight excluding hydrogens is 276 g/mol. The van der Waals surface area contributed by atoms with Crippen LogP contribution in [0.3, 0.4) is 0 Å². The lowest BCUT2D eigenvalue weighted by molar-refractivity contribution is -0.121. The van der Waals surface area contributed by atoms with Gasteiger partial charge < -0.3 is 15.2 Å². The molecule has 0 aliphatic carbocycles. The molecule has 0 bridgehead atoms. The molecule has 0 spiro atoms. The third-order valence-corrected chi connectivity index (χ3v) is 3.82. The monoisotopic (exact) mass is 300 g/mol. The van der Waals surface area contributed by atoms with E-state index in [4.69, 9.17) is 4.74 Å². The molecule has 0 aromatic carbocycles. The largest absolute Gasteiger partial charge is 0.389 e. The molecule has 0 atom stereocenters. The Morgan fingerprint density at radius 1 is 1.45 bits per heavy atom. The van der Waals surface area contributed by atoms with Crippen molar-refractivity contribution in [2.75, 3.05) is 12.4 Å². The molecule has 1 aromatic heterocycles. The first-order valence-electron chi connectivity index (χ1n) is 6.98. The van der Waals surface area contributed by atoms with E-state index in [0.717, 1.165) is 18.5 Å². The third kappa shape index (κ3) is 5.56. The maximum absolute atomic E-state index is 12.0. The molecular formula is C14H24N2O3S. The van der Waals surface area contributed by atoms with E-state index >= 15 is 0 Å². The Kier molecular flexibility index (Phi) is 7.12. The van der Waals surface area contributed by atoms with Gasteiger partial charge in [-0.3, -0.25) is 4.79 Å². The van der Waals surface area contributed by atoms with Crippen LogP contribution in [0.15, 0.2) is 5.38 Å². The summed E-state index contributed by atoms with van der Waals surface area (Å²) in [5.41, 5.74) is -0.106. The van der Waals surface area contributed by atoms with Crippen molar-refractivity contribution in [3.8, 4) is 0 Å². The molecule has 0 radical (unpaired) electrons. The Labute approximate surface area is 124 Å². The van der Waals surface area contributed by atoms with Crippen LogP contribution in [-0.4, -0.2) is 28.7 Å². The van der Waals surface area contributed by atoms with Crippen LogP contribution >= 0.6 is 11.3 Å². The number of nitrogens with one attached hydrogen (secondary N) is 1. The number of carbonyl (C=O) groups excluding carboxylic acids is 1. The Morgan fingerprint density at radius 3 is 2.65 bits per heavy atom. The molecule has 1 amide bonds. The van der Waals surface area contributed by atoms with Gasteiger partial charge in [0.2, 0.25) is 5.91 Å². The number of aliphatic hydroxyl groups is 1. The number of thiazole rings is 1. The normalized spacial score (nSPS) is 11.6. The number of hydrogen-bond donors (Lipinski definition) is 2. The smallest absolute Gasteiger partial charge is 0.229 e. The van der Waals surface area contributed by atoms with E-state index in [2.05, 4.69) is 10.3 Å². The molecule has 0 aliphatic heterocycles. The maximum Gasteiger partial charge on any atom is 0.229 e. The number of carbonyl (C=O) groups is 1. The second kappa shape index (κ2) is 8.34. The van der Waals surface area contributed by atoms with Crippen LogP contribution in [0.5, 0.6) is 0 Å². The zero-order valence-electron chi connectivity index (χ0n) is 12.4. The highest BCUT2D eigenvalue weighted by molar-refractivity contribution is 7.13. The molecule has 2 N–H and O–H groups in total. The number of anilines is 1. The lowest BCUT2D eigenvalue weighted by Gasteiger charge is -2.26. The number of ether oxygens (including phenoxy) is 1. The Balaban J connectivity index is 2.56. The molecule has 6 heteroatoms. The number of hydrogen-bond acceptors (Lipinski definition) is 5. The predicted molar refractivity (Wildman–Crippen MR) is 80.8 cm³/mol. The Bertz CT molecular complexity index is 414. The minimum Gasteiger partial charge on any atom is -0.389 e. The number of rotatable bonds is 9. The predicted octanol–water partition coefficient (Wildman–Crippen LogP) is 2.95. The van der Waals surface area contributed by atoms with E-state index in [1.54, 1.807) is 7.11 Å². The minimum absolute atomic E-state index is 0.119. The van der Waals surface area contributed by atoms with E-state index in [1.807, 2.05) is 19.2 Å². The quantitative estimate of drug-likeness (QED) is 0.735. The number of amides is 1. The molecule has 1 heterocycles. The van der Waals surface area contributed by atoms with Crippen LogP contribution < -0.4 is 5.32 Å². The van der Waals surface area contributed by atoms with Crippen molar-refractivity contribution in [1.29, 1.82) is 0 Å². The molecule has 114 valence electrons. The highest BCUT2D eigenvalue weighted by atomic mass is 32.1. The van der Waals surface area contributed by atoms with Crippen LogP contribution in [0.4, 0.5) is 5.13 Å². The number of nitrogens with zero attached hydrogens (tertiary/aromatic N) is 1. The van der Waals surface area contributed by atoms with Crippen molar-refractivity contribution in [3.63, 3.8) is 0 Å². The van der Waals surface area contributed by atoms with Crippen molar-refractivity contribution in [2.24, 2.45) is 0 Å². The van der Waals surface area contributed by atoms with E-state index in [-0.39, 0.29) is 12.3 Å². The fourth-order valence-corrected chi connectivity index (χ4v) is 2.98. The first-order valence-corrected chi connectivity index (χ1v) is 7.86. The summed E-state index contributed by atoms with van der Waals surface area (Å²) in [6.07, 6.45) is 3.12. The summed E-state index contributed by atoms with van der Waals surface area (Å²) >= 11 is 1.37. The van der Waals surface area contributed by atoms with Gasteiger partial charge in [-0.2, -0.15) is 0 Å². The Morgan fingerprint density at radius 2 is 2.10 bits per heavy atom. The number of aromatic nitrogens is 1. The summed E-state index contributed by atoms with van der Waals surface area (Å²) in [5.74, 6) is -0.187. The molecule has 5 nitrogen and oxygen atoms in total. The molecule has 0 fully saturated rings. The third-order valence-electron chi connectivity index (χ3n) is 3.01. The van der Waals surface area contributed by atoms with Crippen LogP contribution in [0.2, 0.25) is 0 Å². The summed E-state index contributed by atoms with van der Waals surface area (Å²) in [6, 6.07) is 0. The van der Waals surface area contributed by atoms with Gasteiger partial charge in [0, 0.05) is 12.5 Å². The second-order valence-electron chi connectivity index (χ2n) is 5.03. The summed E-state index contributed by atoms with van der Waals surface area (Å²) in [4.78, 5) is 16.3. The van der Waals surface area contributed by atoms with Crippen molar-refractivity contribution in [2.45, 2.75) is 58.2 Å². The molecule has 0 aliphatic rings. The molecule has 0 unspecified atom stereocenters. The first kappa shape index (κ1) is 17.1. The van der Waals surface area contributed by atoms with Crippen LogP contribution in [0.25, 0.3) is 0 Å². The maximum atomic E-state index is 12.0. The van der Waals surface area contributed by atoms with Gasteiger partial charge in [-0.15, -0.1) is 11.3 Å². The summed E-state index contributed by atoms with van der Waals surface area (Å²) in [5, 5.41) is 15.6. The van der Waals surface area contributed by atoms with Crippen molar-refractivity contribution in [1.82, 2.24) is 4.98 Å². The van der Waals surface area contributed by atoms with Gasteiger partial charge in [-0.25, -0.2) is 4.98 Å². The first-order chi connectivity index (χ1) is 9.53. The van der Waals surface area contributed by atoms with Crippen LogP contribution in [0, 0.1) is 0 Å². The van der Waals surface area contributed by atoms with Gasteiger partial charge >= 0.3 is 0 Å². The lowest BCUT2D eigenvalue weighted by atomic mass is 9.89. The lowest BCUT2D eigenvalue weighted by Crippen LogP contribution is -2.33. The van der Waals surface area contributed by atoms with Gasteiger partial charge in [-0.05, 0) is 12.8 Å². The SMILES string of the molecule is CCCC(O)(CCC)CC(=O)Nc1nc(COC)cs1. The van der Waals surface area contributed by atoms with Crippen LogP contribution in [0.1, 0.15) is 51.6 Å². The minimum atomic E-state index is -0.903. The van der Waals surface area contributed by atoms with E-state index < -0.39 is 5.60 Å². The average Bonchev–Trinajstić information content (AvgIpc) is 2.77. The van der Waals surface area contributed by atoms with Crippen molar-refractivity contribution < 1.29 is 14.6 Å². The molecule has 0 saturated heterocycles. The highest BCUT2D eigenvalue weighted by Crippen LogP contribution is 2.25. The van der Waals surface area contributed by atoms with E-state index in [0.29, 0.717) is 24.6 Å². The van der Waals surface area contributed by atoms with Gasteiger partial charge in [0.05, 0.1) is 24.3 Å². The van der Waals surface area contributed by atoms with Crippen molar-refractivity contribution in [3.05, 3.63) is 11.1 Å². The van der Waals surface area contributed by atoms with Crippen molar-refractivity contribution >= 4 is 22.4 Å². The fraction of sp³-hybridized carbons (Fsp3) is 0.714. The van der Waals surface area contributed by atoms with Crippen LogP contribution in [-0.2, 0) is 16.1 Å². The summed E-state index contributed by atoms with van der Waals surface area (Å²) < 4.78 is 4.98. The topological polar surface area (TPSA) is 71.5 Å². The fourth-order valence-electron chi connectivity index (χ4n) is 2.27. The van der Waals surface area contributed by atoms with Gasteiger partial charge in [-0.1, -0.05) is 26.7 Å². The Hall–Kier alpha value is -0.980. The molecule has 1 rings (SSSR count). The zero-order valence-corrected chi connectivity index (χ0v) is 13.3. The standard InChI is InChI=1S/C14H24N2O3S/c1-4-6-14(18,7-5-2)8-12(17)16-13-15-11(9-19-3)10-20-13/h10,18H,4-9H2,1-3H3,(H,15,16,17). The molecule has 1 aromatic rings. The summed E-state index contributed by atoms with van der Waals surface area (Å²) in [6.45, 7) is 4.45. The van der Waals surface area contributed by atoms with E-state index in [9.17, 15) is 9.90 Å². The second-order valence-corrected chi connectivity index (χ2v) is 5.88. The molecule has 20 heavy (non-hydrogen) atoms. The van der Waals surface area contributed by atoms with Gasteiger partial charge in [0.15, 0.2) is 5.13 Å². The number of methoxy groups -OCH3 is 1. The van der Waals surface area contributed by atoms with E-state index in [1.165, 1.54) is 11.3 Å². The van der Waals surface area contributed by atoms with Gasteiger partial charge in [0.25, 0.3) is 0 Å². The molecule has 0 saturated carbocycles.